The highest BCUT2D eigenvalue weighted by Crippen LogP contribution is 2.53. The van der Waals surface area contributed by atoms with Gasteiger partial charge in [0, 0.05) is 38.6 Å². The van der Waals surface area contributed by atoms with E-state index in [9.17, 15) is 9.59 Å². The van der Waals surface area contributed by atoms with Crippen LogP contribution in [0.25, 0.3) is 65.3 Å². The first-order chi connectivity index (χ1) is 30.6. The van der Waals surface area contributed by atoms with Crippen molar-refractivity contribution in [2.75, 3.05) is 13.2 Å². The molecule has 0 aliphatic heterocycles. The van der Waals surface area contributed by atoms with E-state index in [0.717, 1.165) is 113 Å². The van der Waals surface area contributed by atoms with E-state index < -0.39 is 0 Å². The normalized spacial score (nSPS) is 12.9. The highest BCUT2D eigenvalue weighted by atomic mass is 16.5. The van der Waals surface area contributed by atoms with Crippen molar-refractivity contribution in [3.8, 4) is 33.8 Å². The van der Waals surface area contributed by atoms with Crippen LogP contribution in [0, 0.1) is 0 Å². The van der Waals surface area contributed by atoms with Gasteiger partial charge in [-0.2, -0.15) is 0 Å². The Morgan fingerprint density at radius 2 is 0.742 bits per heavy atom. The van der Waals surface area contributed by atoms with Crippen LogP contribution in [0.15, 0.2) is 84.9 Å². The Hall–Kier alpha value is -5.22. The summed E-state index contributed by atoms with van der Waals surface area (Å²) in [6.07, 6.45) is 25.4. The van der Waals surface area contributed by atoms with Crippen molar-refractivity contribution >= 4 is 54.7 Å². The van der Waals surface area contributed by atoms with Crippen LogP contribution < -0.4 is 9.47 Å². The summed E-state index contributed by atoms with van der Waals surface area (Å²) in [7, 11) is 0. The maximum Gasteiger partial charge on any atom is 0.194 e. The number of carbonyl (C=O) groups excluding carboxylic acids is 2. The van der Waals surface area contributed by atoms with Crippen LogP contribution in [0.4, 0.5) is 0 Å². The van der Waals surface area contributed by atoms with E-state index in [2.05, 4.69) is 56.3 Å². The zero-order valence-corrected chi connectivity index (χ0v) is 37.3. The molecule has 0 unspecified atom stereocenters. The third-order valence-corrected chi connectivity index (χ3v) is 14.0. The van der Waals surface area contributed by atoms with Crippen molar-refractivity contribution in [2.24, 2.45) is 0 Å². The first kappa shape index (κ1) is 42.1. The summed E-state index contributed by atoms with van der Waals surface area (Å²) in [5.41, 5.74) is 6.89. The van der Waals surface area contributed by atoms with Gasteiger partial charge in [-0.25, -0.2) is 0 Å². The van der Waals surface area contributed by atoms with Gasteiger partial charge in [-0.15, -0.1) is 0 Å². The zero-order valence-electron chi connectivity index (χ0n) is 37.3. The second-order valence-electron chi connectivity index (χ2n) is 18.2. The molecule has 0 radical (unpaired) electrons. The molecule has 9 rings (SSSR count). The molecule has 0 N–H and O–H groups in total. The maximum absolute atomic E-state index is 14.7. The highest BCUT2D eigenvalue weighted by molar-refractivity contribution is 6.41. The fourth-order valence-electron chi connectivity index (χ4n) is 10.7. The van der Waals surface area contributed by atoms with E-state index >= 15 is 0 Å². The molecule has 320 valence electrons. The van der Waals surface area contributed by atoms with Crippen molar-refractivity contribution < 1.29 is 19.1 Å². The monoisotopic (exact) mass is 824 g/mol. The molecule has 0 saturated heterocycles. The van der Waals surface area contributed by atoms with Crippen molar-refractivity contribution in [1.82, 2.24) is 0 Å². The maximum atomic E-state index is 14.7. The number of ketones is 2. The average molecular weight is 825 g/mol. The van der Waals surface area contributed by atoms with E-state index in [1.54, 1.807) is 0 Å². The standard InChI is InChI=1S/C58H64O4/c1-3-5-7-9-11-13-15-17-19-23-37-61-50-36-35-49-55(58(50)62-38-24-20-18-16-14-12-10-8-6-4-2)46-32-29-42-41-28-27-40-39-25-21-22-26-45(39)56(59)47-33-30-43(51(41)53(40)47)44-31-34-48(57(49)60)54(46)52(42)44/h21-22,25-36H,3-20,23-24,37-38H2,1-2H3. The number of fused-ring (bicyclic) bond motifs is 6. The summed E-state index contributed by atoms with van der Waals surface area (Å²) in [5.74, 6) is 1.54. The fourth-order valence-corrected chi connectivity index (χ4v) is 10.7. The third kappa shape index (κ3) is 7.99. The van der Waals surface area contributed by atoms with Crippen LogP contribution in [0.3, 0.4) is 0 Å². The Kier molecular flexibility index (Phi) is 13.2. The summed E-state index contributed by atoms with van der Waals surface area (Å²) in [5, 5.41) is 8.62. The van der Waals surface area contributed by atoms with Gasteiger partial charge in [-0.3, -0.25) is 9.59 Å². The molecule has 0 heterocycles. The Morgan fingerprint density at radius 3 is 1.27 bits per heavy atom. The number of hydrogen-bond donors (Lipinski definition) is 0. The molecule has 0 spiro atoms. The lowest BCUT2D eigenvalue weighted by molar-refractivity contribution is 0.103. The zero-order chi connectivity index (χ0) is 42.4. The van der Waals surface area contributed by atoms with Gasteiger partial charge in [0.05, 0.1) is 13.2 Å². The topological polar surface area (TPSA) is 52.6 Å². The van der Waals surface area contributed by atoms with Crippen molar-refractivity contribution in [1.29, 1.82) is 0 Å². The SMILES string of the molecule is CCCCCCCCCCCCOc1ccc2c(c1OCCCCCCCCCCCC)-c1ccc3c4ccc5c6c(ccc(c7ccc(c1c73)C2=O)c64)C(=O)c1ccccc1-5. The van der Waals surface area contributed by atoms with E-state index in [4.69, 9.17) is 9.47 Å². The molecule has 4 heteroatoms. The summed E-state index contributed by atoms with van der Waals surface area (Å²) >= 11 is 0. The van der Waals surface area contributed by atoms with Gasteiger partial charge in [0.25, 0.3) is 0 Å². The molecular formula is C58H64O4. The Bertz CT molecular complexity index is 2700. The van der Waals surface area contributed by atoms with Gasteiger partial charge in [0.1, 0.15) is 0 Å². The molecule has 0 amide bonds. The predicted octanol–water partition coefficient (Wildman–Crippen LogP) is 16.8. The van der Waals surface area contributed by atoms with Crippen LogP contribution in [-0.2, 0) is 0 Å². The molecule has 0 atom stereocenters. The Balaban J connectivity index is 1.03. The van der Waals surface area contributed by atoms with Gasteiger partial charge in [-0.1, -0.05) is 190 Å². The number of rotatable bonds is 24. The van der Waals surface area contributed by atoms with Crippen LogP contribution in [-0.4, -0.2) is 24.8 Å². The number of unbranched alkanes of at least 4 members (excludes halogenated alkanes) is 18. The molecule has 0 bridgehead atoms. The molecule has 0 fully saturated rings. The van der Waals surface area contributed by atoms with Crippen LogP contribution >= 0.6 is 0 Å². The van der Waals surface area contributed by atoms with E-state index in [1.807, 2.05) is 42.5 Å². The lowest BCUT2D eigenvalue weighted by Crippen LogP contribution is -2.13. The summed E-state index contributed by atoms with van der Waals surface area (Å²) in [6.45, 7) is 5.77. The quantitative estimate of drug-likeness (QED) is 0.0346. The molecule has 0 saturated carbocycles. The number of carbonyl (C=O) groups is 2. The second-order valence-corrected chi connectivity index (χ2v) is 18.2. The lowest BCUT2D eigenvalue weighted by Gasteiger charge is -2.27. The van der Waals surface area contributed by atoms with Crippen molar-refractivity contribution in [2.45, 2.75) is 142 Å². The first-order valence-corrected chi connectivity index (χ1v) is 24.4. The molecular weight excluding hydrogens is 761 g/mol. The summed E-state index contributed by atoms with van der Waals surface area (Å²) < 4.78 is 13.4. The van der Waals surface area contributed by atoms with Crippen LogP contribution in [0.5, 0.6) is 11.5 Å². The van der Waals surface area contributed by atoms with E-state index in [0.29, 0.717) is 24.5 Å². The molecule has 4 nitrogen and oxygen atoms in total. The minimum Gasteiger partial charge on any atom is -0.490 e. The number of benzene rings is 7. The largest absolute Gasteiger partial charge is 0.490 e. The Morgan fingerprint density at radius 1 is 0.339 bits per heavy atom. The van der Waals surface area contributed by atoms with Gasteiger partial charge < -0.3 is 9.47 Å². The van der Waals surface area contributed by atoms with Gasteiger partial charge in [-0.05, 0) is 86.1 Å². The van der Waals surface area contributed by atoms with Gasteiger partial charge in [0.15, 0.2) is 23.1 Å². The van der Waals surface area contributed by atoms with Crippen LogP contribution in [0.2, 0.25) is 0 Å². The predicted molar refractivity (Wildman–Crippen MR) is 260 cm³/mol. The molecule has 62 heavy (non-hydrogen) atoms. The minimum absolute atomic E-state index is 0.0273. The molecule has 0 aromatic heterocycles. The highest BCUT2D eigenvalue weighted by Gasteiger charge is 2.33. The summed E-state index contributed by atoms with van der Waals surface area (Å²) in [4.78, 5) is 28.6. The van der Waals surface area contributed by atoms with Crippen molar-refractivity contribution in [3.63, 3.8) is 0 Å². The number of ether oxygens (including phenoxy) is 2. The van der Waals surface area contributed by atoms with Crippen molar-refractivity contribution in [3.05, 3.63) is 107 Å². The minimum atomic E-state index is 0.0273. The smallest absolute Gasteiger partial charge is 0.194 e. The van der Waals surface area contributed by atoms with Crippen LogP contribution in [0.1, 0.15) is 174 Å². The van der Waals surface area contributed by atoms with E-state index in [1.165, 1.54) is 103 Å². The van der Waals surface area contributed by atoms with Gasteiger partial charge >= 0.3 is 0 Å². The van der Waals surface area contributed by atoms with E-state index in [-0.39, 0.29) is 11.6 Å². The van der Waals surface area contributed by atoms with Gasteiger partial charge in [0.2, 0.25) is 0 Å². The first-order valence-electron chi connectivity index (χ1n) is 24.4. The molecule has 2 aliphatic rings. The third-order valence-electron chi connectivity index (χ3n) is 14.0. The molecule has 7 aromatic rings. The molecule has 2 aliphatic carbocycles. The summed E-state index contributed by atoms with van der Waals surface area (Å²) in [6, 6.07) is 29.1. The lowest BCUT2D eigenvalue weighted by atomic mass is 9.76. The fraction of sp³-hybridized carbons (Fsp3) is 0.414. The Labute approximate surface area is 368 Å². The second kappa shape index (κ2) is 19.4. The average Bonchev–Trinajstić information content (AvgIpc) is 3.30. The molecule has 7 aromatic carbocycles. The number of hydrogen-bond acceptors (Lipinski definition) is 4.